The largest absolute Gasteiger partial charge is 0.458 e. The van der Waals surface area contributed by atoms with Crippen molar-refractivity contribution >= 4 is 39.7 Å². The Morgan fingerprint density at radius 2 is 1.33 bits per heavy atom. The molecule has 0 bridgehead atoms. The molecule has 0 saturated heterocycles. The lowest BCUT2D eigenvalue weighted by Crippen LogP contribution is -2.35. The third-order valence-corrected chi connectivity index (χ3v) is 8.40. The lowest BCUT2D eigenvalue weighted by atomic mass is 9.75. The van der Waals surface area contributed by atoms with Crippen molar-refractivity contribution in [3.63, 3.8) is 0 Å². The molecule has 43 heavy (non-hydrogen) atoms. The van der Waals surface area contributed by atoms with Gasteiger partial charge in [0, 0.05) is 0 Å². The minimum absolute atomic E-state index is 0.111. The van der Waals surface area contributed by atoms with Crippen molar-refractivity contribution in [2.45, 2.75) is 58.5 Å². The molecule has 0 amide bonds. The van der Waals surface area contributed by atoms with Crippen LogP contribution in [-0.2, 0) is 17.1 Å². The van der Waals surface area contributed by atoms with Gasteiger partial charge in [-0.2, -0.15) is 26.3 Å². The minimum atomic E-state index is -4.92. The van der Waals surface area contributed by atoms with E-state index < -0.39 is 23.5 Å². The number of hydrogen-bond donors (Lipinski definition) is 0. The summed E-state index contributed by atoms with van der Waals surface area (Å²) in [7, 11) is 0. The number of benzene rings is 4. The molecule has 4 aromatic carbocycles. The number of ether oxygens (including phenoxy) is 1. The van der Waals surface area contributed by atoms with E-state index in [1.54, 1.807) is 24.3 Å². The summed E-state index contributed by atoms with van der Waals surface area (Å²) in [6.45, 7) is 6.48. The van der Waals surface area contributed by atoms with Crippen molar-refractivity contribution in [1.82, 2.24) is 0 Å². The average molecular weight is 599 g/mol. The molecule has 8 heteroatoms. The molecular formula is C35H32F6O2. The fourth-order valence-electron chi connectivity index (χ4n) is 6.02. The summed E-state index contributed by atoms with van der Waals surface area (Å²) in [5, 5.41) is 3.33. The van der Waals surface area contributed by atoms with Crippen LogP contribution in [0, 0.1) is 17.8 Å². The Balaban J connectivity index is 1.48. The van der Waals surface area contributed by atoms with Gasteiger partial charge in [-0.05, 0) is 99.7 Å². The maximum Gasteiger partial charge on any atom is 0.416 e. The summed E-state index contributed by atoms with van der Waals surface area (Å²) in [6.07, 6.45) is -4.31. The summed E-state index contributed by atoms with van der Waals surface area (Å²) in [4.78, 5) is 13.3. The molecule has 0 aromatic heterocycles. The Hall–Kier alpha value is -3.81. The van der Waals surface area contributed by atoms with Crippen LogP contribution in [0.25, 0.3) is 33.7 Å². The van der Waals surface area contributed by atoms with Crippen molar-refractivity contribution in [3.8, 4) is 0 Å². The second-order valence-corrected chi connectivity index (χ2v) is 11.9. The van der Waals surface area contributed by atoms with E-state index in [1.165, 1.54) is 12.2 Å². The SMILES string of the molecule is CC(C)[C@@H]1CC[C@@H](C)C[C@H]1OC(=O)c1ccc2ccc3ccc(/C=C/c4cc(C(F)(F)F)cc(C(F)(F)F)c4)cc3c2c1. The van der Waals surface area contributed by atoms with Crippen molar-refractivity contribution in [1.29, 1.82) is 0 Å². The van der Waals surface area contributed by atoms with Gasteiger partial charge < -0.3 is 4.74 Å². The van der Waals surface area contributed by atoms with Gasteiger partial charge in [0.15, 0.2) is 0 Å². The first-order valence-corrected chi connectivity index (χ1v) is 14.3. The second-order valence-electron chi connectivity index (χ2n) is 11.9. The molecule has 1 aliphatic carbocycles. The zero-order valence-electron chi connectivity index (χ0n) is 24.0. The maximum absolute atomic E-state index is 13.3. The third-order valence-electron chi connectivity index (χ3n) is 8.40. The van der Waals surface area contributed by atoms with Crippen LogP contribution >= 0.6 is 0 Å². The predicted molar refractivity (Wildman–Crippen MR) is 157 cm³/mol. The first kappa shape index (κ1) is 30.6. The minimum Gasteiger partial charge on any atom is -0.458 e. The number of esters is 1. The summed E-state index contributed by atoms with van der Waals surface area (Å²) >= 11 is 0. The summed E-state index contributed by atoms with van der Waals surface area (Å²) in [5.74, 6) is 0.800. The van der Waals surface area contributed by atoms with Gasteiger partial charge in [-0.1, -0.05) is 69.7 Å². The van der Waals surface area contributed by atoms with Gasteiger partial charge >= 0.3 is 18.3 Å². The average Bonchev–Trinajstić information content (AvgIpc) is 2.94. The molecule has 0 heterocycles. The molecule has 1 aliphatic rings. The Morgan fingerprint density at radius 1 is 0.767 bits per heavy atom. The highest BCUT2D eigenvalue weighted by molar-refractivity contribution is 6.10. The van der Waals surface area contributed by atoms with Crippen molar-refractivity contribution in [2.24, 2.45) is 17.8 Å². The molecule has 4 aromatic rings. The standard InChI is InChI=1S/C35H32F6O2/c1-20(2)29-13-4-21(3)14-32(29)43-33(42)26-12-11-25-10-9-24-8-7-22(17-30(24)31(25)18-26)5-6-23-15-27(34(36,37)38)19-28(16-23)35(39,40)41/h5-12,15-21,29,32H,4,13-14H2,1-3H3/b6-5+/t21-,29+,32-/m1/s1. The molecule has 226 valence electrons. The highest BCUT2D eigenvalue weighted by atomic mass is 19.4. The second kappa shape index (κ2) is 11.7. The highest BCUT2D eigenvalue weighted by Crippen LogP contribution is 2.38. The summed E-state index contributed by atoms with van der Waals surface area (Å²) in [6, 6.07) is 16.1. The first-order chi connectivity index (χ1) is 20.2. The maximum atomic E-state index is 13.3. The smallest absolute Gasteiger partial charge is 0.416 e. The van der Waals surface area contributed by atoms with Gasteiger partial charge in [0.05, 0.1) is 16.7 Å². The molecule has 2 nitrogen and oxygen atoms in total. The van der Waals surface area contributed by atoms with Crippen LogP contribution in [0.1, 0.15) is 72.6 Å². The van der Waals surface area contributed by atoms with E-state index in [1.807, 2.05) is 24.3 Å². The molecule has 0 spiro atoms. The number of fused-ring (bicyclic) bond motifs is 3. The monoisotopic (exact) mass is 598 g/mol. The number of halogens is 6. The molecule has 0 unspecified atom stereocenters. The molecule has 0 aliphatic heterocycles. The molecule has 0 radical (unpaired) electrons. The quantitative estimate of drug-likeness (QED) is 0.0989. The first-order valence-electron chi connectivity index (χ1n) is 14.3. The van der Waals surface area contributed by atoms with E-state index in [9.17, 15) is 31.1 Å². The van der Waals surface area contributed by atoms with E-state index in [4.69, 9.17) is 4.74 Å². The van der Waals surface area contributed by atoms with Crippen LogP contribution in [0.5, 0.6) is 0 Å². The van der Waals surface area contributed by atoms with Crippen molar-refractivity contribution in [2.75, 3.05) is 0 Å². The lowest BCUT2D eigenvalue weighted by Gasteiger charge is -2.36. The zero-order valence-corrected chi connectivity index (χ0v) is 24.0. The van der Waals surface area contributed by atoms with Gasteiger partial charge in [-0.3, -0.25) is 0 Å². The number of carbonyl (C=O) groups excluding carboxylic acids is 1. The predicted octanol–water partition coefficient (Wildman–Crippen LogP) is 10.8. The van der Waals surface area contributed by atoms with Gasteiger partial charge in [0.1, 0.15) is 6.10 Å². The van der Waals surface area contributed by atoms with Crippen LogP contribution in [-0.4, -0.2) is 12.1 Å². The van der Waals surface area contributed by atoms with E-state index in [-0.39, 0.29) is 23.7 Å². The van der Waals surface area contributed by atoms with Gasteiger partial charge in [-0.25, -0.2) is 4.79 Å². The molecule has 1 fully saturated rings. The van der Waals surface area contributed by atoms with Crippen molar-refractivity contribution < 1.29 is 35.9 Å². The molecule has 0 N–H and O–H groups in total. The van der Waals surface area contributed by atoms with Gasteiger partial charge in [0.2, 0.25) is 0 Å². The van der Waals surface area contributed by atoms with E-state index >= 15 is 0 Å². The van der Waals surface area contributed by atoms with Gasteiger partial charge in [0.25, 0.3) is 0 Å². The molecular weight excluding hydrogens is 566 g/mol. The zero-order chi connectivity index (χ0) is 31.1. The molecule has 3 atom stereocenters. The van der Waals surface area contributed by atoms with Crippen LogP contribution in [0.4, 0.5) is 26.3 Å². The number of carbonyl (C=O) groups is 1. The summed E-state index contributed by atoms with van der Waals surface area (Å²) < 4.78 is 85.8. The Bertz CT molecular complexity index is 1650. The lowest BCUT2D eigenvalue weighted by molar-refractivity contribution is -0.143. The van der Waals surface area contributed by atoms with Crippen LogP contribution in [0.3, 0.4) is 0 Å². The topological polar surface area (TPSA) is 26.3 Å². The van der Waals surface area contributed by atoms with Crippen LogP contribution in [0.2, 0.25) is 0 Å². The molecule has 1 saturated carbocycles. The van der Waals surface area contributed by atoms with Gasteiger partial charge in [-0.15, -0.1) is 0 Å². The fourth-order valence-corrected chi connectivity index (χ4v) is 6.02. The highest BCUT2D eigenvalue weighted by Gasteiger charge is 2.37. The Kier molecular flexibility index (Phi) is 8.34. The number of rotatable bonds is 5. The van der Waals surface area contributed by atoms with E-state index in [0.29, 0.717) is 41.0 Å². The van der Waals surface area contributed by atoms with Crippen LogP contribution in [0.15, 0.2) is 66.7 Å². The number of hydrogen-bond acceptors (Lipinski definition) is 2. The van der Waals surface area contributed by atoms with E-state index in [0.717, 1.165) is 40.8 Å². The van der Waals surface area contributed by atoms with Crippen molar-refractivity contribution in [3.05, 3.63) is 94.5 Å². The normalized spacial score (nSPS) is 19.9. The third kappa shape index (κ3) is 6.89. The fraction of sp³-hybridized carbons (Fsp3) is 0.343. The van der Waals surface area contributed by atoms with E-state index in [2.05, 4.69) is 20.8 Å². The summed E-state index contributed by atoms with van der Waals surface area (Å²) in [5.41, 5.74) is -1.95. The Labute approximate surface area is 246 Å². The number of alkyl halides is 6. The molecule has 5 rings (SSSR count). The van der Waals surface area contributed by atoms with Crippen LogP contribution < -0.4 is 0 Å². The Morgan fingerprint density at radius 3 is 1.93 bits per heavy atom.